The third-order valence-electron chi connectivity index (χ3n) is 6.36. The Labute approximate surface area is 161 Å². The van der Waals surface area contributed by atoms with Gasteiger partial charge in [-0.1, -0.05) is 17.7 Å². The monoisotopic (exact) mass is 372 g/mol. The molecule has 5 rings (SSSR count). The molecule has 2 N–H and O–H groups in total. The minimum absolute atomic E-state index is 0.0212. The summed E-state index contributed by atoms with van der Waals surface area (Å²) in [5.74, 6) is 3.08. The average Bonchev–Trinajstić information content (AvgIpc) is 2.51. The quantitative estimate of drug-likeness (QED) is 0.793. The van der Waals surface area contributed by atoms with E-state index < -0.39 is 0 Å². The number of rotatable bonds is 4. The van der Waals surface area contributed by atoms with Gasteiger partial charge in [-0.3, -0.25) is 4.79 Å². The van der Waals surface area contributed by atoms with Crippen molar-refractivity contribution in [3.8, 4) is 5.75 Å². The minimum Gasteiger partial charge on any atom is -0.483 e. The van der Waals surface area contributed by atoms with Gasteiger partial charge in [-0.15, -0.1) is 0 Å². The van der Waals surface area contributed by atoms with Gasteiger partial charge in [0.05, 0.1) is 0 Å². The van der Waals surface area contributed by atoms with E-state index in [0.29, 0.717) is 5.11 Å². The highest BCUT2D eigenvalue weighted by Crippen LogP contribution is 2.55. The molecule has 1 amide bonds. The Balaban J connectivity index is 1.29. The predicted octanol–water partition coefficient (Wildman–Crippen LogP) is 3.64. The van der Waals surface area contributed by atoms with Crippen LogP contribution in [0.15, 0.2) is 18.2 Å². The number of amides is 1. The highest BCUT2D eigenvalue weighted by molar-refractivity contribution is 7.80. The van der Waals surface area contributed by atoms with E-state index in [2.05, 4.69) is 10.6 Å². The number of nitrogens with one attached hydrogen (secondary N) is 2. The molecule has 0 heterocycles. The molecule has 4 bridgehead atoms. The van der Waals surface area contributed by atoms with Crippen LogP contribution in [0.5, 0.6) is 5.75 Å². The molecular weight excluding hydrogens is 344 g/mol. The van der Waals surface area contributed by atoms with Crippen molar-refractivity contribution >= 4 is 23.2 Å². The zero-order valence-electron chi connectivity index (χ0n) is 15.6. The molecule has 4 fully saturated rings. The second kappa shape index (κ2) is 6.84. The van der Waals surface area contributed by atoms with Crippen LogP contribution in [0.3, 0.4) is 0 Å². The lowest BCUT2D eigenvalue weighted by Crippen LogP contribution is -2.62. The molecule has 0 unspecified atom stereocenters. The second-order valence-corrected chi connectivity index (χ2v) is 9.17. The highest BCUT2D eigenvalue weighted by atomic mass is 32.1. The highest BCUT2D eigenvalue weighted by Gasteiger charge is 2.51. The summed E-state index contributed by atoms with van der Waals surface area (Å²) in [5.41, 5.74) is 2.33. The van der Waals surface area contributed by atoms with Gasteiger partial charge in [0, 0.05) is 5.54 Å². The molecule has 0 radical (unpaired) electrons. The normalized spacial score (nSPS) is 31.5. The van der Waals surface area contributed by atoms with Crippen LogP contribution in [0.2, 0.25) is 0 Å². The zero-order valence-corrected chi connectivity index (χ0v) is 16.5. The van der Waals surface area contributed by atoms with E-state index in [1.54, 1.807) is 0 Å². The molecule has 140 valence electrons. The number of hydrogen-bond donors (Lipinski definition) is 2. The summed E-state index contributed by atoms with van der Waals surface area (Å²) in [4.78, 5) is 12.2. The lowest BCUT2D eigenvalue weighted by Gasteiger charge is -2.57. The van der Waals surface area contributed by atoms with Crippen molar-refractivity contribution in [3.05, 3.63) is 29.3 Å². The van der Waals surface area contributed by atoms with Crippen LogP contribution in [0, 0.1) is 31.6 Å². The van der Waals surface area contributed by atoms with Crippen molar-refractivity contribution in [3.63, 3.8) is 0 Å². The van der Waals surface area contributed by atoms with Gasteiger partial charge in [-0.25, -0.2) is 0 Å². The van der Waals surface area contributed by atoms with Crippen molar-refractivity contribution in [1.29, 1.82) is 0 Å². The van der Waals surface area contributed by atoms with Crippen LogP contribution < -0.4 is 15.4 Å². The molecule has 4 aliphatic rings. The predicted molar refractivity (Wildman–Crippen MR) is 106 cm³/mol. The Bertz CT molecular complexity index is 695. The zero-order chi connectivity index (χ0) is 18.3. The first-order valence-electron chi connectivity index (χ1n) is 9.73. The number of ether oxygens (including phenoxy) is 1. The van der Waals surface area contributed by atoms with E-state index in [4.69, 9.17) is 17.0 Å². The van der Waals surface area contributed by atoms with Crippen LogP contribution in [0.1, 0.15) is 49.7 Å². The Morgan fingerprint density at radius 1 is 1.15 bits per heavy atom. The van der Waals surface area contributed by atoms with Gasteiger partial charge < -0.3 is 15.4 Å². The lowest BCUT2D eigenvalue weighted by atomic mass is 9.53. The van der Waals surface area contributed by atoms with Crippen LogP contribution in [-0.4, -0.2) is 23.2 Å². The molecule has 5 heteroatoms. The lowest BCUT2D eigenvalue weighted by molar-refractivity contribution is -0.121. The molecule has 0 atom stereocenters. The van der Waals surface area contributed by atoms with E-state index in [-0.39, 0.29) is 18.1 Å². The summed E-state index contributed by atoms with van der Waals surface area (Å²) in [5, 5.41) is 6.79. The number of hydrogen-bond acceptors (Lipinski definition) is 3. The maximum atomic E-state index is 12.2. The maximum absolute atomic E-state index is 12.2. The third kappa shape index (κ3) is 3.73. The molecular formula is C21H28N2O2S. The maximum Gasteiger partial charge on any atom is 0.264 e. The van der Waals surface area contributed by atoms with Crippen LogP contribution in [0.4, 0.5) is 0 Å². The summed E-state index contributed by atoms with van der Waals surface area (Å²) in [6, 6.07) is 5.94. The van der Waals surface area contributed by atoms with Crippen molar-refractivity contribution in [2.45, 2.75) is 57.9 Å². The van der Waals surface area contributed by atoms with Gasteiger partial charge in [0.2, 0.25) is 0 Å². The van der Waals surface area contributed by atoms with Crippen LogP contribution >= 0.6 is 12.2 Å². The Hall–Kier alpha value is -1.62. The van der Waals surface area contributed by atoms with Crippen molar-refractivity contribution in [2.24, 2.45) is 17.8 Å². The summed E-state index contributed by atoms with van der Waals surface area (Å²) >= 11 is 5.44. The Morgan fingerprint density at radius 3 is 2.35 bits per heavy atom. The van der Waals surface area contributed by atoms with E-state index in [1.165, 1.54) is 44.1 Å². The van der Waals surface area contributed by atoms with E-state index in [0.717, 1.165) is 29.1 Å². The van der Waals surface area contributed by atoms with Crippen molar-refractivity contribution in [1.82, 2.24) is 10.6 Å². The number of aryl methyl sites for hydroxylation is 2. The summed E-state index contributed by atoms with van der Waals surface area (Å²) in [6.07, 6.45) is 7.79. The van der Waals surface area contributed by atoms with Crippen LogP contribution in [0.25, 0.3) is 0 Å². The Kier molecular flexibility index (Phi) is 4.68. The van der Waals surface area contributed by atoms with Crippen molar-refractivity contribution < 1.29 is 9.53 Å². The number of benzene rings is 1. The van der Waals surface area contributed by atoms with Crippen molar-refractivity contribution in [2.75, 3.05) is 6.61 Å². The number of carbonyl (C=O) groups excluding carboxylic acids is 1. The summed E-state index contributed by atoms with van der Waals surface area (Å²) in [6.45, 7) is 4.00. The SMILES string of the molecule is Cc1ccc(OCC(=O)NC(=S)NC23CC4CC(CC(C4)C2)C3)c(C)c1. The largest absolute Gasteiger partial charge is 0.483 e. The average molecular weight is 373 g/mol. The molecule has 26 heavy (non-hydrogen) atoms. The van der Waals surface area contributed by atoms with E-state index in [9.17, 15) is 4.79 Å². The fourth-order valence-electron chi connectivity index (χ4n) is 5.80. The second-order valence-electron chi connectivity index (χ2n) is 8.76. The standard InChI is InChI=1S/C21H28N2O2S/c1-13-3-4-18(14(2)5-13)25-12-19(24)22-20(26)23-21-9-15-6-16(10-21)8-17(7-15)11-21/h3-5,15-17H,6-12H2,1-2H3,(H2,22,23,24,26). The fraction of sp³-hybridized carbons (Fsp3) is 0.619. The number of carbonyl (C=O) groups is 1. The molecule has 1 aromatic rings. The third-order valence-corrected chi connectivity index (χ3v) is 6.56. The van der Waals surface area contributed by atoms with Gasteiger partial charge >= 0.3 is 0 Å². The molecule has 0 aliphatic heterocycles. The molecule has 4 saturated carbocycles. The first-order valence-corrected chi connectivity index (χ1v) is 10.1. The first kappa shape index (κ1) is 17.8. The molecule has 0 saturated heterocycles. The molecule has 4 aliphatic carbocycles. The van der Waals surface area contributed by atoms with Crippen LogP contribution in [-0.2, 0) is 4.79 Å². The van der Waals surface area contributed by atoms with E-state index >= 15 is 0 Å². The minimum atomic E-state index is -0.202. The topological polar surface area (TPSA) is 50.4 Å². The summed E-state index contributed by atoms with van der Waals surface area (Å²) in [7, 11) is 0. The first-order chi connectivity index (χ1) is 12.4. The Morgan fingerprint density at radius 2 is 1.77 bits per heavy atom. The molecule has 0 aromatic heterocycles. The van der Waals surface area contributed by atoms with Gasteiger partial charge in [-0.2, -0.15) is 0 Å². The van der Waals surface area contributed by atoms with E-state index in [1.807, 2.05) is 32.0 Å². The van der Waals surface area contributed by atoms with Gasteiger partial charge in [0.1, 0.15) is 5.75 Å². The fourth-order valence-corrected chi connectivity index (χ4v) is 6.13. The smallest absolute Gasteiger partial charge is 0.264 e. The van der Waals surface area contributed by atoms with Gasteiger partial charge in [-0.05, 0) is 94.0 Å². The molecule has 0 spiro atoms. The molecule has 4 nitrogen and oxygen atoms in total. The van der Waals surface area contributed by atoms with Gasteiger partial charge in [0.15, 0.2) is 11.7 Å². The summed E-state index contributed by atoms with van der Waals surface area (Å²) < 4.78 is 5.65. The molecule has 1 aromatic carbocycles. The number of thiocarbonyl (C=S) groups is 1. The van der Waals surface area contributed by atoms with Gasteiger partial charge in [0.25, 0.3) is 5.91 Å².